The van der Waals surface area contributed by atoms with Gasteiger partial charge in [0, 0.05) is 0 Å². The summed E-state index contributed by atoms with van der Waals surface area (Å²) in [7, 11) is 0. The first-order valence-corrected chi connectivity index (χ1v) is 6.08. The molecule has 1 amide bonds. The molecule has 0 spiro atoms. The van der Waals surface area contributed by atoms with Crippen molar-refractivity contribution in [1.82, 2.24) is 9.97 Å². The lowest BCUT2D eigenvalue weighted by atomic mass is 10.2. The van der Waals surface area contributed by atoms with Crippen LogP contribution in [0.1, 0.15) is 12.8 Å². The van der Waals surface area contributed by atoms with Crippen LogP contribution in [-0.4, -0.2) is 26.9 Å². The van der Waals surface area contributed by atoms with Gasteiger partial charge in [-0.05, 0) is 18.6 Å². The molecule has 1 aliphatic heterocycles. The highest BCUT2D eigenvalue weighted by Gasteiger charge is 2.23. The third-order valence-corrected chi connectivity index (χ3v) is 3.64. The van der Waals surface area contributed by atoms with Gasteiger partial charge in [-0.15, -0.1) is 11.8 Å². The molecule has 80 valence electrons. The van der Waals surface area contributed by atoms with E-state index in [9.17, 15) is 4.79 Å². The van der Waals surface area contributed by atoms with Gasteiger partial charge in [0.15, 0.2) is 5.82 Å². The highest BCUT2D eigenvalue weighted by atomic mass is 35.5. The van der Waals surface area contributed by atoms with Crippen LogP contribution in [0.3, 0.4) is 0 Å². The van der Waals surface area contributed by atoms with E-state index in [2.05, 4.69) is 15.3 Å². The predicted molar refractivity (Wildman–Crippen MR) is 61.2 cm³/mol. The number of hydrogen-bond acceptors (Lipinski definition) is 4. The molecule has 1 aliphatic rings. The highest BCUT2D eigenvalue weighted by Crippen LogP contribution is 2.26. The summed E-state index contributed by atoms with van der Waals surface area (Å²) in [4.78, 5) is 19.5. The van der Waals surface area contributed by atoms with Gasteiger partial charge in [0.1, 0.15) is 5.15 Å². The molecule has 0 aromatic carbocycles. The van der Waals surface area contributed by atoms with Gasteiger partial charge in [0.2, 0.25) is 5.91 Å². The molecule has 1 saturated heterocycles. The van der Waals surface area contributed by atoms with Crippen molar-refractivity contribution in [2.75, 3.05) is 11.1 Å². The Labute approximate surface area is 96.8 Å². The van der Waals surface area contributed by atoms with E-state index >= 15 is 0 Å². The summed E-state index contributed by atoms with van der Waals surface area (Å²) < 4.78 is 0. The fourth-order valence-electron chi connectivity index (χ4n) is 1.39. The summed E-state index contributed by atoms with van der Waals surface area (Å²) in [6.45, 7) is 0. The van der Waals surface area contributed by atoms with Crippen molar-refractivity contribution in [2.45, 2.75) is 18.1 Å². The minimum Gasteiger partial charge on any atom is -0.308 e. The summed E-state index contributed by atoms with van der Waals surface area (Å²) in [5, 5.41) is 3.04. The molecule has 15 heavy (non-hydrogen) atoms. The van der Waals surface area contributed by atoms with E-state index in [-0.39, 0.29) is 16.3 Å². The van der Waals surface area contributed by atoms with E-state index in [0.29, 0.717) is 5.82 Å². The van der Waals surface area contributed by atoms with Crippen LogP contribution in [0.4, 0.5) is 5.82 Å². The normalized spacial score (nSPS) is 20.2. The van der Waals surface area contributed by atoms with E-state index in [1.54, 1.807) is 11.8 Å². The van der Waals surface area contributed by atoms with Crippen LogP contribution in [0, 0.1) is 0 Å². The smallest absolute Gasteiger partial charge is 0.238 e. The fraction of sp³-hybridized carbons (Fsp3) is 0.444. The molecule has 6 heteroatoms. The summed E-state index contributed by atoms with van der Waals surface area (Å²) in [6, 6.07) is 0. The van der Waals surface area contributed by atoms with Crippen LogP contribution in [-0.2, 0) is 4.79 Å². The second-order valence-electron chi connectivity index (χ2n) is 3.22. The van der Waals surface area contributed by atoms with Crippen LogP contribution in [0.5, 0.6) is 0 Å². The molecule has 0 radical (unpaired) electrons. The molecule has 1 unspecified atom stereocenters. The number of rotatable bonds is 2. The zero-order chi connectivity index (χ0) is 10.7. The largest absolute Gasteiger partial charge is 0.308 e. The van der Waals surface area contributed by atoms with Gasteiger partial charge >= 0.3 is 0 Å². The third-order valence-electron chi connectivity index (χ3n) is 2.08. The lowest BCUT2D eigenvalue weighted by Crippen LogP contribution is -2.23. The standard InChI is InChI=1S/C9H10ClN3OS/c10-7-4-11-5-8(12-7)13-9(14)6-2-1-3-15-6/h4-6H,1-3H2,(H,12,13,14). The number of aromatic nitrogens is 2. The van der Waals surface area contributed by atoms with Gasteiger partial charge in [-0.3, -0.25) is 9.78 Å². The first-order chi connectivity index (χ1) is 7.25. The average Bonchev–Trinajstić information content (AvgIpc) is 2.70. The molecule has 1 atom stereocenters. The SMILES string of the molecule is O=C(Nc1cncc(Cl)n1)C1CCCS1. The Kier molecular flexibility index (Phi) is 3.43. The Balaban J connectivity index is 1.99. The summed E-state index contributed by atoms with van der Waals surface area (Å²) in [5.74, 6) is 1.47. The average molecular weight is 244 g/mol. The number of halogens is 1. The van der Waals surface area contributed by atoms with Crippen molar-refractivity contribution in [3.8, 4) is 0 Å². The Morgan fingerprint density at radius 3 is 3.13 bits per heavy atom. The molecule has 1 aromatic heterocycles. The second kappa shape index (κ2) is 4.81. The van der Waals surface area contributed by atoms with Gasteiger partial charge in [-0.1, -0.05) is 11.6 Å². The number of nitrogens with zero attached hydrogens (tertiary/aromatic N) is 2. The minimum atomic E-state index is -0.00549. The van der Waals surface area contributed by atoms with Crippen molar-refractivity contribution in [3.63, 3.8) is 0 Å². The van der Waals surface area contributed by atoms with Crippen LogP contribution in [0.15, 0.2) is 12.4 Å². The van der Waals surface area contributed by atoms with Crippen LogP contribution in [0.2, 0.25) is 5.15 Å². The number of thioether (sulfide) groups is 1. The zero-order valence-corrected chi connectivity index (χ0v) is 9.51. The van der Waals surface area contributed by atoms with Crippen molar-refractivity contribution in [1.29, 1.82) is 0 Å². The second-order valence-corrected chi connectivity index (χ2v) is 4.92. The van der Waals surface area contributed by atoms with Gasteiger partial charge in [-0.25, -0.2) is 4.98 Å². The minimum absolute atomic E-state index is 0.00549. The Hall–Kier alpha value is -0.810. The maximum absolute atomic E-state index is 11.7. The molecule has 0 bridgehead atoms. The van der Waals surface area contributed by atoms with Gasteiger partial charge in [0.25, 0.3) is 0 Å². The molecule has 2 heterocycles. The van der Waals surface area contributed by atoms with E-state index in [4.69, 9.17) is 11.6 Å². The summed E-state index contributed by atoms with van der Waals surface area (Å²) in [5.41, 5.74) is 0. The monoisotopic (exact) mass is 243 g/mol. The summed E-state index contributed by atoms with van der Waals surface area (Å²) >= 11 is 7.34. The van der Waals surface area contributed by atoms with E-state index < -0.39 is 0 Å². The summed E-state index contributed by atoms with van der Waals surface area (Å²) in [6.07, 6.45) is 4.96. The molecular formula is C9H10ClN3OS. The molecule has 1 aromatic rings. The molecule has 0 saturated carbocycles. The van der Waals surface area contributed by atoms with Crippen molar-refractivity contribution in [2.24, 2.45) is 0 Å². The van der Waals surface area contributed by atoms with E-state index in [1.165, 1.54) is 12.4 Å². The number of carbonyl (C=O) groups is 1. The molecular weight excluding hydrogens is 234 g/mol. The maximum Gasteiger partial charge on any atom is 0.238 e. The molecule has 1 N–H and O–H groups in total. The number of nitrogens with one attached hydrogen (secondary N) is 1. The lowest BCUT2D eigenvalue weighted by Gasteiger charge is -2.08. The topological polar surface area (TPSA) is 54.9 Å². The number of amides is 1. The first-order valence-electron chi connectivity index (χ1n) is 4.66. The lowest BCUT2D eigenvalue weighted by molar-refractivity contribution is -0.115. The molecule has 1 fully saturated rings. The third kappa shape index (κ3) is 2.82. The van der Waals surface area contributed by atoms with Crippen LogP contribution < -0.4 is 5.32 Å². The van der Waals surface area contributed by atoms with Crippen molar-refractivity contribution < 1.29 is 4.79 Å². The number of hydrogen-bond donors (Lipinski definition) is 1. The zero-order valence-electron chi connectivity index (χ0n) is 7.94. The molecule has 4 nitrogen and oxygen atoms in total. The van der Waals surface area contributed by atoms with Gasteiger partial charge in [0.05, 0.1) is 17.6 Å². The molecule has 0 aliphatic carbocycles. The Bertz CT molecular complexity index is 368. The molecule has 2 rings (SSSR count). The maximum atomic E-state index is 11.7. The van der Waals surface area contributed by atoms with Crippen LogP contribution in [0.25, 0.3) is 0 Å². The van der Waals surface area contributed by atoms with Gasteiger partial charge in [-0.2, -0.15) is 0 Å². The van der Waals surface area contributed by atoms with Crippen molar-refractivity contribution >= 4 is 35.1 Å². The van der Waals surface area contributed by atoms with Gasteiger partial charge < -0.3 is 5.32 Å². The van der Waals surface area contributed by atoms with E-state index in [1.807, 2.05) is 0 Å². The first kappa shape index (κ1) is 10.7. The van der Waals surface area contributed by atoms with Crippen molar-refractivity contribution in [3.05, 3.63) is 17.5 Å². The van der Waals surface area contributed by atoms with Crippen LogP contribution >= 0.6 is 23.4 Å². The Morgan fingerprint density at radius 1 is 1.60 bits per heavy atom. The van der Waals surface area contributed by atoms with E-state index in [0.717, 1.165) is 18.6 Å². The number of anilines is 1. The highest BCUT2D eigenvalue weighted by molar-refractivity contribution is 8.00. The quantitative estimate of drug-likeness (QED) is 0.863. The number of carbonyl (C=O) groups excluding carboxylic acids is 1. The fourth-order valence-corrected chi connectivity index (χ4v) is 2.70. The Morgan fingerprint density at radius 2 is 2.47 bits per heavy atom. The predicted octanol–water partition coefficient (Wildman–Crippen LogP) is 1.96.